The molecule has 6 heteroatoms. The molecule has 0 radical (unpaired) electrons. The van der Waals surface area contributed by atoms with Crippen LogP contribution in [0.4, 0.5) is 0 Å². The molecule has 2 N–H and O–H groups in total. The average molecular weight is 464 g/mol. The van der Waals surface area contributed by atoms with E-state index in [-0.39, 0.29) is 24.0 Å². The van der Waals surface area contributed by atoms with Crippen molar-refractivity contribution in [3.8, 4) is 0 Å². The van der Waals surface area contributed by atoms with Crippen molar-refractivity contribution in [1.82, 2.24) is 10.6 Å². The monoisotopic (exact) mass is 463 g/mol. The second-order valence-electron chi connectivity index (χ2n) is 6.32. The molecule has 3 rings (SSSR count). The fourth-order valence-corrected chi connectivity index (χ4v) is 3.68. The molecule has 2 heterocycles. The van der Waals surface area contributed by atoms with Crippen molar-refractivity contribution in [2.24, 2.45) is 4.99 Å². The summed E-state index contributed by atoms with van der Waals surface area (Å²) in [5, 5.41) is 7.73. The van der Waals surface area contributed by atoms with Gasteiger partial charge in [-0.3, -0.25) is 4.99 Å². The number of hydrogen-bond acceptors (Lipinski definition) is 2. The van der Waals surface area contributed by atoms with Gasteiger partial charge in [0.15, 0.2) is 5.96 Å². The van der Waals surface area contributed by atoms with Gasteiger partial charge in [0, 0.05) is 18.1 Å². The fourth-order valence-electron chi connectivity index (χ4n) is 3.45. The Hall–Kier alpha value is -0.530. The van der Waals surface area contributed by atoms with Gasteiger partial charge in [0.2, 0.25) is 0 Å². The highest BCUT2D eigenvalue weighted by Crippen LogP contribution is 2.34. The van der Waals surface area contributed by atoms with Gasteiger partial charge in [0.25, 0.3) is 0 Å². The molecule has 2 bridgehead atoms. The van der Waals surface area contributed by atoms with E-state index < -0.39 is 0 Å². The molecule has 0 amide bonds. The first-order valence-corrected chi connectivity index (χ1v) is 9.07. The number of nitrogens with zero attached hydrogens (tertiary/aromatic N) is 1. The normalized spacial score (nSPS) is 25.4. The number of benzene rings is 1. The van der Waals surface area contributed by atoms with Gasteiger partial charge in [-0.1, -0.05) is 29.8 Å². The van der Waals surface area contributed by atoms with Gasteiger partial charge in [-0.15, -0.1) is 24.0 Å². The number of aryl methyl sites for hydroxylation is 1. The van der Waals surface area contributed by atoms with Crippen LogP contribution >= 0.6 is 35.6 Å². The Morgan fingerprint density at radius 3 is 2.83 bits per heavy atom. The lowest BCUT2D eigenvalue weighted by Crippen LogP contribution is -2.47. The first-order valence-electron chi connectivity index (χ1n) is 8.70. The first kappa shape index (κ1) is 19.8. The second-order valence-corrected chi connectivity index (χ2v) is 6.72. The van der Waals surface area contributed by atoms with Crippen molar-refractivity contribution in [3.05, 3.63) is 34.9 Å². The summed E-state index contributed by atoms with van der Waals surface area (Å²) < 4.78 is 5.90. The maximum Gasteiger partial charge on any atom is 0.191 e. The molecule has 1 aromatic rings. The van der Waals surface area contributed by atoms with Gasteiger partial charge in [-0.05, 0) is 50.7 Å². The van der Waals surface area contributed by atoms with Gasteiger partial charge < -0.3 is 15.4 Å². The molecule has 3 unspecified atom stereocenters. The van der Waals surface area contributed by atoms with E-state index in [4.69, 9.17) is 21.3 Å². The standard InChI is InChI=1S/C18H26ClN3O.HI/c1-2-20-18(22-16-12-14-9-10-17(16)23-14)21-11-5-7-13-6-3-4-8-15(13)19;/h3-4,6,8,14,16-17H,2,5,7,9-12H2,1H3,(H2,20,21,22);1H. The largest absolute Gasteiger partial charge is 0.373 e. The molecule has 134 valence electrons. The minimum atomic E-state index is 0. The highest BCUT2D eigenvalue weighted by molar-refractivity contribution is 14.0. The minimum absolute atomic E-state index is 0. The van der Waals surface area contributed by atoms with Gasteiger partial charge >= 0.3 is 0 Å². The number of ether oxygens (including phenoxy) is 1. The number of hydrogen-bond donors (Lipinski definition) is 2. The molecule has 3 atom stereocenters. The SMILES string of the molecule is CCNC(=NCCCc1ccccc1Cl)NC1CC2CCC1O2.I. The minimum Gasteiger partial charge on any atom is -0.373 e. The number of guanidine groups is 1. The Morgan fingerprint density at radius 2 is 2.17 bits per heavy atom. The van der Waals surface area contributed by atoms with Crippen molar-refractivity contribution < 1.29 is 4.74 Å². The smallest absolute Gasteiger partial charge is 0.191 e. The van der Waals surface area contributed by atoms with Crippen molar-refractivity contribution in [3.63, 3.8) is 0 Å². The molecule has 2 fully saturated rings. The van der Waals surface area contributed by atoms with E-state index in [1.165, 1.54) is 18.4 Å². The third-order valence-corrected chi connectivity index (χ3v) is 4.97. The fraction of sp³-hybridized carbons (Fsp3) is 0.611. The van der Waals surface area contributed by atoms with Gasteiger partial charge in [-0.25, -0.2) is 0 Å². The number of nitrogens with one attached hydrogen (secondary N) is 2. The van der Waals surface area contributed by atoms with Crippen molar-refractivity contribution in [1.29, 1.82) is 0 Å². The van der Waals surface area contributed by atoms with E-state index >= 15 is 0 Å². The number of aliphatic imine (C=N–C) groups is 1. The van der Waals surface area contributed by atoms with E-state index in [0.29, 0.717) is 18.2 Å². The van der Waals surface area contributed by atoms with E-state index in [0.717, 1.165) is 43.3 Å². The van der Waals surface area contributed by atoms with Crippen LogP contribution in [0.2, 0.25) is 5.02 Å². The number of rotatable bonds is 6. The third kappa shape index (κ3) is 5.23. The Labute approximate surface area is 166 Å². The van der Waals surface area contributed by atoms with E-state index in [9.17, 15) is 0 Å². The summed E-state index contributed by atoms with van der Waals surface area (Å²) in [7, 11) is 0. The van der Waals surface area contributed by atoms with E-state index in [2.05, 4.69) is 23.6 Å². The molecule has 0 saturated carbocycles. The highest BCUT2D eigenvalue weighted by atomic mass is 127. The first-order chi connectivity index (χ1) is 11.3. The summed E-state index contributed by atoms with van der Waals surface area (Å²) in [5.74, 6) is 0.910. The average Bonchev–Trinajstić information content (AvgIpc) is 3.16. The van der Waals surface area contributed by atoms with Gasteiger partial charge in [0.05, 0.1) is 18.2 Å². The van der Waals surface area contributed by atoms with Crippen LogP contribution in [-0.2, 0) is 11.2 Å². The lowest BCUT2D eigenvalue weighted by Gasteiger charge is -2.22. The predicted octanol–water partition coefficient (Wildman–Crippen LogP) is 3.77. The van der Waals surface area contributed by atoms with Crippen LogP contribution in [0.3, 0.4) is 0 Å². The lowest BCUT2D eigenvalue weighted by molar-refractivity contribution is 0.0992. The summed E-state index contributed by atoms with van der Waals surface area (Å²) in [6, 6.07) is 8.44. The Bertz CT molecular complexity index is 555. The van der Waals surface area contributed by atoms with Crippen molar-refractivity contribution in [2.45, 2.75) is 57.3 Å². The predicted molar refractivity (Wildman–Crippen MR) is 111 cm³/mol. The van der Waals surface area contributed by atoms with Crippen LogP contribution in [0.1, 0.15) is 38.2 Å². The van der Waals surface area contributed by atoms with Crippen LogP contribution in [0.15, 0.2) is 29.3 Å². The van der Waals surface area contributed by atoms with Crippen molar-refractivity contribution >= 4 is 41.5 Å². The summed E-state index contributed by atoms with van der Waals surface area (Å²) in [4.78, 5) is 4.70. The zero-order valence-electron chi connectivity index (χ0n) is 14.1. The summed E-state index contributed by atoms with van der Waals surface area (Å²) in [5.41, 5.74) is 1.20. The molecule has 0 aromatic heterocycles. The molecule has 4 nitrogen and oxygen atoms in total. The molecule has 2 aliphatic rings. The zero-order valence-corrected chi connectivity index (χ0v) is 17.2. The Morgan fingerprint density at radius 1 is 1.33 bits per heavy atom. The van der Waals surface area contributed by atoms with Crippen LogP contribution in [0.5, 0.6) is 0 Å². The second kappa shape index (κ2) is 9.82. The summed E-state index contributed by atoms with van der Waals surface area (Å²) >= 11 is 6.19. The lowest BCUT2D eigenvalue weighted by atomic mass is 9.96. The molecule has 0 spiro atoms. The molecule has 0 aliphatic carbocycles. The van der Waals surface area contributed by atoms with E-state index in [1.807, 2.05) is 18.2 Å². The molecular weight excluding hydrogens is 437 g/mol. The quantitative estimate of drug-likeness (QED) is 0.292. The molecular formula is C18H27ClIN3O. The topological polar surface area (TPSA) is 45.7 Å². The van der Waals surface area contributed by atoms with Crippen LogP contribution in [0, 0.1) is 0 Å². The molecule has 1 aromatic carbocycles. The van der Waals surface area contributed by atoms with E-state index in [1.54, 1.807) is 0 Å². The van der Waals surface area contributed by atoms with Gasteiger partial charge in [0.1, 0.15) is 0 Å². The Kier molecular flexibility index (Phi) is 8.10. The van der Waals surface area contributed by atoms with Crippen LogP contribution < -0.4 is 10.6 Å². The molecule has 2 aliphatic heterocycles. The third-order valence-electron chi connectivity index (χ3n) is 4.60. The van der Waals surface area contributed by atoms with Gasteiger partial charge in [-0.2, -0.15) is 0 Å². The summed E-state index contributed by atoms with van der Waals surface area (Å²) in [6.07, 6.45) is 6.28. The maximum absolute atomic E-state index is 6.19. The highest BCUT2D eigenvalue weighted by Gasteiger charge is 2.41. The van der Waals surface area contributed by atoms with Crippen LogP contribution in [0.25, 0.3) is 0 Å². The number of fused-ring (bicyclic) bond motifs is 2. The molecule has 24 heavy (non-hydrogen) atoms. The Balaban J connectivity index is 0.00000208. The molecule has 2 saturated heterocycles. The van der Waals surface area contributed by atoms with Crippen molar-refractivity contribution in [2.75, 3.05) is 13.1 Å². The maximum atomic E-state index is 6.19. The van der Waals surface area contributed by atoms with Crippen LogP contribution in [-0.4, -0.2) is 37.3 Å². The number of halogens is 2. The summed E-state index contributed by atoms with van der Waals surface area (Å²) in [6.45, 7) is 3.76. The zero-order chi connectivity index (χ0) is 16.1.